The summed E-state index contributed by atoms with van der Waals surface area (Å²) in [7, 11) is -3.39. The first-order valence-electron chi connectivity index (χ1n) is 6.95. The number of benzene rings is 2. The van der Waals surface area contributed by atoms with Crippen molar-refractivity contribution in [3.8, 4) is 22.6 Å². The summed E-state index contributed by atoms with van der Waals surface area (Å²) in [5, 5.41) is 13.5. The quantitative estimate of drug-likeness (QED) is 0.796. The molecule has 0 aliphatic rings. The van der Waals surface area contributed by atoms with Gasteiger partial charge in [-0.05, 0) is 17.7 Å². The lowest BCUT2D eigenvalue weighted by Crippen LogP contribution is -2.02. The predicted octanol–water partition coefficient (Wildman–Crippen LogP) is 2.90. The van der Waals surface area contributed by atoms with Crippen LogP contribution in [0.2, 0.25) is 0 Å². The van der Waals surface area contributed by atoms with E-state index in [1.165, 1.54) is 6.07 Å². The molecule has 0 spiro atoms. The Morgan fingerprint density at radius 3 is 2.43 bits per heavy atom. The maximum Gasteiger partial charge on any atom is 0.175 e. The monoisotopic (exact) mass is 329 g/mol. The van der Waals surface area contributed by atoms with Crippen molar-refractivity contribution in [2.75, 3.05) is 6.26 Å². The molecule has 2 aromatic carbocycles. The molecule has 0 amide bonds. The first kappa shape index (κ1) is 15.5. The summed E-state index contributed by atoms with van der Waals surface area (Å²) in [5.74, 6) is 0.623. The lowest BCUT2D eigenvalue weighted by atomic mass is 10.1. The van der Waals surface area contributed by atoms with E-state index in [0.29, 0.717) is 22.6 Å². The third kappa shape index (κ3) is 3.18. The summed E-state index contributed by atoms with van der Waals surface area (Å²) < 4.78 is 28.8. The zero-order valence-corrected chi connectivity index (χ0v) is 13.2. The fourth-order valence-electron chi connectivity index (χ4n) is 2.37. The molecule has 118 valence electrons. The van der Waals surface area contributed by atoms with Crippen molar-refractivity contribution in [3.63, 3.8) is 0 Å². The maximum atomic E-state index is 11.7. The lowest BCUT2D eigenvalue weighted by Gasteiger charge is -2.06. The number of nitrogens with zero attached hydrogens (tertiary/aromatic N) is 1. The Hall–Kier alpha value is -2.44. The Morgan fingerprint density at radius 2 is 1.78 bits per heavy atom. The van der Waals surface area contributed by atoms with Gasteiger partial charge in [-0.15, -0.1) is 0 Å². The SMILES string of the molecule is CS(=O)(=O)c1ccc(-c2cc(-c3ccccc3)on2)cc1CO. The van der Waals surface area contributed by atoms with Crippen molar-refractivity contribution in [2.24, 2.45) is 0 Å². The Kier molecular flexibility index (Phi) is 4.02. The molecule has 6 heteroatoms. The van der Waals surface area contributed by atoms with Crippen LogP contribution in [0.3, 0.4) is 0 Å². The van der Waals surface area contributed by atoms with Crippen LogP contribution in [-0.2, 0) is 16.4 Å². The molecule has 0 radical (unpaired) electrons. The highest BCUT2D eigenvalue weighted by Crippen LogP contribution is 2.28. The molecule has 0 bridgehead atoms. The minimum atomic E-state index is -3.39. The summed E-state index contributed by atoms with van der Waals surface area (Å²) in [6, 6.07) is 16.1. The molecule has 5 nitrogen and oxygen atoms in total. The number of sulfone groups is 1. The second-order valence-electron chi connectivity index (χ2n) is 5.20. The standard InChI is InChI=1S/C17H15NO4S/c1-23(20,21)17-8-7-13(9-14(17)11-19)15-10-16(22-18-15)12-5-3-2-4-6-12/h2-10,19H,11H2,1H3. The van der Waals surface area contributed by atoms with E-state index in [1.807, 2.05) is 30.3 Å². The molecule has 1 aromatic heterocycles. The minimum Gasteiger partial charge on any atom is -0.392 e. The van der Waals surface area contributed by atoms with E-state index in [9.17, 15) is 13.5 Å². The number of hydrogen-bond acceptors (Lipinski definition) is 5. The van der Waals surface area contributed by atoms with Gasteiger partial charge in [0.2, 0.25) is 0 Å². The largest absolute Gasteiger partial charge is 0.392 e. The van der Waals surface area contributed by atoms with Gasteiger partial charge >= 0.3 is 0 Å². The molecule has 3 aromatic rings. The van der Waals surface area contributed by atoms with Crippen LogP contribution in [0.1, 0.15) is 5.56 Å². The van der Waals surface area contributed by atoms with E-state index in [4.69, 9.17) is 4.52 Å². The van der Waals surface area contributed by atoms with E-state index in [-0.39, 0.29) is 11.5 Å². The van der Waals surface area contributed by atoms with Gasteiger partial charge in [0.15, 0.2) is 15.6 Å². The van der Waals surface area contributed by atoms with Gasteiger partial charge in [-0.2, -0.15) is 0 Å². The van der Waals surface area contributed by atoms with E-state index in [2.05, 4.69) is 5.16 Å². The van der Waals surface area contributed by atoms with Crippen molar-refractivity contribution in [2.45, 2.75) is 11.5 Å². The van der Waals surface area contributed by atoms with Crippen molar-refractivity contribution < 1.29 is 18.0 Å². The Balaban J connectivity index is 2.02. The van der Waals surface area contributed by atoms with E-state index >= 15 is 0 Å². The molecule has 0 fully saturated rings. The van der Waals surface area contributed by atoms with Crippen molar-refractivity contribution in [3.05, 3.63) is 60.2 Å². The first-order valence-corrected chi connectivity index (χ1v) is 8.84. The average Bonchev–Trinajstić information content (AvgIpc) is 3.04. The molecule has 0 aliphatic heterocycles. The van der Waals surface area contributed by atoms with Crippen LogP contribution in [0, 0.1) is 0 Å². The summed E-state index contributed by atoms with van der Waals surface area (Å²) in [6.07, 6.45) is 1.12. The van der Waals surface area contributed by atoms with E-state index in [1.54, 1.807) is 18.2 Å². The fraction of sp³-hybridized carbons (Fsp3) is 0.118. The molecular weight excluding hydrogens is 314 g/mol. The lowest BCUT2D eigenvalue weighted by molar-refractivity contribution is 0.278. The number of aromatic nitrogens is 1. The summed E-state index contributed by atoms with van der Waals surface area (Å²) in [4.78, 5) is 0.121. The molecule has 23 heavy (non-hydrogen) atoms. The van der Waals surface area contributed by atoms with Crippen molar-refractivity contribution in [1.29, 1.82) is 0 Å². The molecule has 0 atom stereocenters. The highest BCUT2D eigenvalue weighted by Gasteiger charge is 2.15. The first-order chi connectivity index (χ1) is 11.0. The molecule has 0 aliphatic carbocycles. The van der Waals surface area contributed by atoms with Gasteiger partial charge in [0.05, 0.1) is 11.5 Å². The number of aliphatic hydroxyl groups excluding tert-OH is 1. The molecular formula is C17H15NO4S. The van der Waals surface area contributed by atoms with Crippen molar-refractivity contribution in [1.82, 2.24) is 5.16 Å². The second kappa shape index (κ2) is 5.98. The summed E-state index contributed by atoms with van der Waals surface area (Å²) in [6.45, 7) is -0.361. The topological polar surface area (TPSA) is 80.4 Å². The fourth-order valence-corrected chi connectivity index (χ4v) is 3.29. The molecule has 1 N–H and O–H groups in total. The zero-order valence-electron chi connectivity index (χ0n) is 12.4. The molecule has 0 saturated heterocycles. The van der Waals surface area contributed by atoms with Gasteiger partial charge in [-0.1, -0.05) is 41.6 Å². The van der Waals surface area contributed by atoms with Crippen LogP contribution >= 0.6 is 0 Å². The van der Waals surface area contributed by atoms with Crippen LogP contribution in [0.5, 0.6) is 0 Å². The molecule has 1 heterocycles. The highest BCUT2D eigenvalue weighted by molar-refractivity contribution is 7.90. The maximum absolute atomic E-state index is 11.7. The van der Waals surface area contributed by atoms with Gasteiger partial charge < -0.3 is 9.63 Å². The number of aliphatic hydroxyl groups is 1. The van der Waals surface area contributed by atoms with Gasteiger partial charge in [0.25, 0.3) is 0 Å². The van der Waals surface area contributed by atoms with Crippen LogP contribution in [0.25, 0.3) is 22.6 Å². The van der Waals surface area contributed by atoms with Gasteiger partial charge in [-0.3, -0.25) is 0 Å². The molecule has 0 saturated carbocycles. The summed E-state index contributed by atoms with van der Waals surface area (Å²) in [5.41, 5.74) is 2.52. The smallest absolute Gasteiger partial charge is 0.175 e. The van der Waals surface area contributed by atoms with Crippen LogP contribution in [0.4, 0.5) is 0 Å². The summed E-state index contributed by atoms with van der Waals surface area (Å²) >= 11 is 0. The third-order valence-electron chi connectivity index (χ3n) is 3.49. The number of rotatable bonds is 4. The second-order valence-corrected chi connectivity index (χ2v) is 7.18. The predicted molar refractivity (Wildman–Crippen MR) is 86.4 cm³/mol. The van der Waals surface area contributed by atoms with E-state index in [0.717, 1.165) is 11.8 Å². The Labute approximate surface area is 134 Å². The average molecular weight is 329 g/mol. The van der Waals surface area contributed by atoms with Crippen LogP contribution in [0.15, 0.2) is 64.0 Å². The van der Waals surface area contributed by atoms with Crippen LogP contribution in [-0.4, -0.2) is 24.9 Å². The third-order valence-corrected chi connectivity index (χ3v) is 4.69. The van der Waals surface area contributed by atoms with Gasteiger partial charge in [0.1, 0.15) is 5.69 Å². The minimum absolute atomic E-state index is 0.121. The highest BCUT2D eigenvalue weighted by atomic mass is 32.2. The normalized spacial score (nSPS) is 11.6. The molecule has 3 rings (SSSR count). The van der Waals surface area contributed by atoms with Crippen molar-refractivity contribution >= 4 is 9.84 Å². The van der Waals surface area contributed by atoms with Crippen LogP contribution < -0.4 is 0 Å². The zero-order chi connectivity index (χ0) is 16.4. The Bertz CT molecular complexity index is 930. The Morgan fingerprint density at radius 1 is 1.04 bits per heavy atom. The number of hydrogen-bond donors (Lipinski definition) is 1. The molecule has 0 unspecified atom stereocenters. The van der Waals surface area contributed by atoms with Gasteiger partial charge in [-0.25, -0.2) is 8.42 Å². The van der Waals surface area contributed by atoms with Gasteiger partial charge in [0, 0.05) is 23.4 Å². The van der Waals surface area contributed by atoms with E-state index < -0.39 is 9.84 Å².